The fraction of sp³-hybridized carbons (Fsp3) is 0.562. The van der Waals surface area contributed by atoms with Gasteiger partial charge in [-0.25, -0.2) is 0 Å². The van der Waals surface area contributed by atoms with Crippen LogP contribution >= 0.6 is 24.0 Å². The Morgan fingerprint density at radius 1 is 1.24 bits per heavy atom. The molecule has 0 amide bonds. The van der Waals surface area contributed by atoms with Gasteiger partial charge in [0.15, 0.2) is 5.96 Å². The maximum Gasteiger partial charge on any atom is 0.191 e. The van der Waals surface area contributed by atoms with E-state index < -0.39 is 0 Å². The minimum Gasteiger partial charge on any atom is -0.508 e. The van der Waals surface area contributed by atoms with E-state index >= 15 is 0 Å². The summed E-state index contributed by atoms with van der Waals surface area (Å²) in [4.78, 5) is 4.27. The van der Waals surface area contributed by atoms with Gasteiger partial charge in [0.1, 0.15) is 5.75 Å². The molecule has 0 aliphatic heterocycles. The second-order valence-corrected chi connectivity index (χ2v) is 5.39. The smallest absolute Gasteiger partial charge is 0.191 e. The van der Waals surface area contributed by atoms with Crippen molar-refractivity contribution >= 4 is 29.9 Å². The van der Waals surface area contributed by atoms with Gasteiger partial charge in [0.25, 0.3) is 0 Å². The summed E-state index contributed by atoms with van der Waals surface area (Å²) in [6.45, 7) is 0.910. The van der Waals surface area contributed by atoms with Gasteiger partial charge in [0.2, 0.25) is 0 Å². The second kappa shape index (κ2) is 9.87. The molecule has 0 saturated heterocycles. The van der Waals surface area contributed by atoms with Gasteiger partial charge >= 0.3 is 0 Å². The van der Waals surface area contributed by atoms with Crippen LogP contribution in [0.1, 0.15) is 37.7 Å². The van der Waals surface area contributed by atoms with Gasteiger partial charge in [0.05, 0.1) is 0 Å². The fourth-order valence-corrected chi connectivity index (χ4v) is 2.62. The molecule has 0 bridgehead atoms. The number of phenols is 1. The van der Waals surface area contributed by atoms with Crippen LogP contribution < -0.4 is 10.6 Å². The fourth-order valence-electron chi connectivity index (χ4n) is 2.62. The number of phenolic OH excluding ortho intramolecular Hbond substituents is 1. The number of aryl methyl sites for hydroxylation is 1. The molecule has 1 aromatic carbocycles. The summed E-state index contributed by atoms with van der Waals surface area (Å²) < 4.78 is 0. The largest absolute Gasteiger partial charge is 0.508 e. The number of hydrogen-bond acceptors (Lipinski definition) is 2. The van der Waals surface area contributed by atoms with Crippen LogP contribution in [0.5, 0.6) is 5.75 Å². The third-order valence-corrected chi connectivity index (χ3v) is 3.79. The first kappa shape index (κ1) is 18.1. The topological polar surface area (TPSA) is 56.7 Å². The number of hydrogen-bond donors (Lipinski definition) is 3. The van der Waals surface area contributed by atoms with Crippen molar-refractivity contribution in [1.82, 2.24) is 10.6 Å². The molecular weight excluding hydrogens is 377 g/mol. The Hall–Kier alpha value is -0.980. The summed E-state index contributed by atoms with van der Waals surface area (Å²) in [5.41, 5.74) is 1.25. The number of aromatic hydroxyl groups is 1. The SMILES string of the molecule is CN=C(NCCCc1ccc(O)cc1)NC1CCCC1.I. The monoisotopic (exact) mass is 403 g/mol. The van der Waals surface area contributed by atoms with Crippen molar-refractivity contribution in [3.63, 3.8) is 0 Å². The lowest BCUT2D eigenvalue weighted by atomic mass is 10.1. The maximum atomic E-state index is 9.23. The lowest BCUT2D eigenvalue weighted by molar-refractivity contribution is 0.475. The van der Waals surface area contributed by atoms with Crippen molar-refractivity contribution in [2.45, 2.75) is 44.6 Å². The van der Waals surface area contributed by atoms with Crippen molar-refractivity contribution in [2.24, 2.45) is 4.99 Å². The normalized spacial score (nSPS) is 15.6. The Balaban J connectivity index is 0.00000220. The highest BCUT2D eigenvalue weighted by atomic mass is 127. The molecule has 1 aromatic rings. The number of aliphatic imine (C=N–C) groups is 1. The Bertz CT molecular complexity index is 428. The number of nitrogens with zero attached hydrogens (tertiary/aromatic N) is 1. The van der Waals surface area contributed by atoms with Crippen LogP contribution in [-0.4, -0.2) is 30.7 Å². The van der Waals surface area contributed by atoms with E-state index in [0.717, 1.165) is 25.3 Å². The molecule has 0 aromatic heterocycles. The number of nitrogens with one attached hydrogen (secondary N) is 2. The summed E-state index contributed by atoms with van der Waals surface area (Å²) in [6.07, 6.45) is 7.23. The summed E-state index contributed by atoms with van der Waals surface area (Å²) in [5.74, 6) is 1.25. The molecule has 3 N–H and O–H groups in total. The molecule has 2 rings (SSSR count). The van der Waals surface area contributed by atoms with E-state index in [1.54, 1.807) is 12.1 Å². The second-order valence-electron chi connectivity index (χ2n) is 5.39. The Kier molecular flexibility index (Phi) is 8.49. The van der Waals surface area contributed by atoms with Crippen LogP contribution in [0, 0.1) is 0 Å². The maximum absolute atomic E-state index is 9.23. The predicted molar refractivity (Wildman–Crippen MR) is 98.6 cm³/mol. The average Bonchev–Trinajstić information content (AvgIpc) is 2.97. The van der Waals surface area contributed by atoms with Gasteiger partial charge < -0.3 is 15.7 Å². The van der Waals surface area contributed by atoms with Gasteiger partial charge in [-0.15, -0.1) is 24.0 Å². The van der Waals surface area contributed by atoms with Crippen LogP contribution in [0.25, 0.3) is 0 Å². The Labute approximate surface area is 144 Å². The first-order valence-electron chi connectivity index (χ1n) is 7.53. The molecule has 1 aliphatic carbocycles. The van der Waals surface area contributed by atoms with Crippen LogP contribution in [-0.2, 0) is 6.42 Å². The van der Waals surface area contributed by atoms with Crippen molar-refractivity contribution in [3.05, 3.63) is 29.8 Å². The van der Waals surface area contributed by atoms with Gasteiger partial charge in [0, 0.05) is 19.6 Å². The van der Waals surface area contributed by atoms with E-state index in [4.69, 9.17) is 0 Å². The van der Waals surface area contributed by atoms with Crippen LogP contribution in [0.3, 0.4) is 0 Å². The molecule has 0 unspecified atom stereocenters. The molecule has 1 aliphatic rings. The summed E-state index contributed by atoms with van der Waals surface area (Å²) in [7, 11) is 1.82. The Morgan fingerprint density at radius 2 is 1.90 bits per heavy atom. The molecule has 0 atom stereocenters. The molecule has 21 heavy (non-hydrogen) atoms. The van der Waals surface area contributed by atoms with Crippen LogP contribution in [0.2, 0.25) is 0 Å². The van der Waals surface area contributed by atoms with E-state index in [1.165, 1.54) is 31.2 Å². The molecular formula is C16H26IN3O. The first-order valence-corrected chi connectivity index (χ1v) is 7.53. The van der Waals surface area contributed by atoms with Gasteiger partial charge in [-0.2, -0.15) is 0 Å². The molecule has 5 heteroatoms. The summed E-state index contributed by atoms with van der Waals surface area (Å²) in [5, 5.41) is 16.1. The zero-order valence-electron chi connectivity index (χ0n) is 12.6. The van der Waals surface area contributed by atoms with Gasteiger partial charge in [-0.1, -0.05) is 25.0 Å². The van der Waals surface area contributed by atoms with Gasteiger partial charge in [-0.05, 0) is 43.4 Å². The highest BCUT2D eigenvalue weighted by Gasteiger charge is 2.15. The molecule has 4 nitrogen and oxygen atoms in total. The molecule has 0 radical (unpaired) electrons. The number of guanidine groups is 1. The van der Waals surface area contributed by atoms with E-state index in [-0.39, 0.29) is 24.0 Å². The average molecular weight is 403 g/mol. The molecule has 118 valence electrons. The van der Waals surface area contributed by atoms with E-state index in [2.05, 4.69) is 15.6 Å². The number of rotatable bonds is 5. The standard InChI is InChI=1S/C16H25N3O.HI/c1-17-16(19-14-6-2-3-7-14)18-12-4-5-13-8-10-15(20)11-9-13;/h8-11,14,20H,2-7,12H2,1H3,(H2,17,18,19);1H. The van der Waals surface area contributed by atoms with Crippen molar-refractivity contribution in [1.29, 1.82) is 0 Å². The first-order chi connectivity index (χ1) is 9.78. The number of halogens is 1. The van der Waals surface area contributed by atoms with Crippen molar-refractivity contribution in [2.75, 3.05) is 13.6 Å². The zero-order valence-corrected chi connectivity index (χ0v) is 15.0. The van der Waals surface area contributed by atoms with Crippen LogP contribution in [0.15, 0.2) is 29.3 Å². The minimum absolute atomic E-state index is 0. The van der Waals surface area contributed by atoms with E-state index in [0.29, 0.717) is 11.8 Å². The third kappa shape index (κ3) is 6.54. The Morgan fingerprint density at radius 3 is 2.52 bits per heavy atom. The highest BCUT2D eigenvalue weighted by Crippen LogP contribution is 2.17. The molecule has 1 saturated carbocycles. The third-order valence-electron chi connectivity index (χ3n) is 3.79. The van der Waals surface area contributed by atoms with Crippen LogP contribution in [0.4, 0.5) is 0 Å². The molecule has 1 fully saturated rings. The van der Waals surface area contributed by atoms with Crippen molar-refractivity contribution in [3.8, 4) is 5.75 Å². The highest BCUT2D eigenvalue weighted by molar-refractivity contribution is 14.0. The lowest BCUT2D eigenvalue weighted by Crippen LogP contribution is -2.42. The predicted octanol–water partition coefficient (Wildman–Crippen LogP) is 3.05. The van der Waals surface area contributed by atoms with Gasteiger partial charge in [-0.3, -0.25) is 4.99 Å². The summed E-state index contributed by atoms with van der Waals surface area (Å²) in [6, 6.07) is 8.02. The zero-order chi connectivity index (χ0) is 14.2. The number of benzene rings is 1. The molecule has 0 heterocycles. The summed E-state index contributed by atoms with van der Waals surface area (Å²) >= 11 is 0. The van der Waals surface area contributed by atoms with E-state index in [9.17, 15) is 5.11 Å². The molecule has 0 spiro atoms. The van der Waals surface area contributed by atoms with E-state index in [1.807, 2.05) is 19.2 Å². The van der Waals surface area contributed by atoms with Crippen molar-refractivity contribution < 1.29 is 5.11 Å². The lowest BCUT2D eigenvalue weighted by Gasteiger charge is -2.16. The minimum atomic E-state index is 0. The quantitative estimate of drug-likeness (QED) is 0.307.